The van der Waals surface area contributed by atoms with Crippen molar-refractivity contribution in [3.8, 4) is 5.88 Å². The maximum Gasteiger partial charge on any atom is 0.327 e. The van der Waals surface area contributed by atoms with E-state index in [0.29, 0.717) is 57.3 Å². The predicted molar refractivity (Wildman–Crippen MR) is 108 cm³/mol. The Labute approximate surface area is 167 Å². The van der Waals surface area contributed by atoms with Crippen LogP contribution < -0.4 is 10.7 Å². The zero-order valence-corrected chi connectivity index (χ0v) is 16.6. The average Bonchev–Trinajstić information content (AvgIpc) is 3.27. The minimum atomic E-state index is -2.67. The van der Waals surface area contributed by atoms with E-state index in [1.54, 1.807) is 18.2 Å². The second-order valence-corrected chi connectivity index (χ2v) is 7.27. The number of hydrazine groups is 1. The Morgan fingerprint density at radius 2 is 2.14 bits per heavy atom. The molecule has 0 unspecified atom stereocenters. The summed E-state index contributed by atoms with van der Waals surface area (Å²) >= 11 is 0. The van der Waals surface area contributed by atoms with Gasteiger partial charge in [0.1, 0.15) is 0 Å². The highest BCUT2D eigenvalue weighted by Gasteiger charge is 2.21. The van der Waals surface area contributed by atoms with Crippen LogP contribution in [0.4, 0.5) is 8.78 Å². The molecule has 1 aromatic carbocycles. The SMILES string of the molecule is CCC(=NC1=CN(C(F)F)NC1)c1c(O)[nH]c2ccc(C(=O)NCC(C)C)cc12. The summed E-state index contributed by atoms with van der Waals surface area (Å²) in [6, 6.07) is 5.11. The van der Waals surface area contributed by atoms with Crippen molar-refractivity contribution in [3.05, 3.63) is 41.2 Å². The Morgan fingerprint density at radius 1 is 1.38 bits per heavy atom. The lowest BCUT2D eigenvalue weighted by molar-refractivity contribution is -0.0170. The molecular weight excluding hydrogens is 380 g/mol. The number of nitrogens with one attached hydrogen (secondary N) is 3. The first-order valence-electron chi connectivity index (χ1n) is 9.51. The summed E-state index contributed by atoms with van der Waals surface area (Å²) in [4.78, 5) is 19.8. The van der Waals surface area contributed by atoms with Gasteiger partial charge in [-0.05, 0) is 30.5 Å². The molecule has 1 aliphatic heterocycles. The summed E-state index contributed by atoms with van der Waals surface area (Å²) < 4.78 is 25.6. The maximum atomic E-state index is 12.8. The van der Waals surface area contributed by atoms with Crippen molar-refractivity contribution in [1.29, 1.82) is 0 Å². The number of nitrogens with zero attached hydrogens (tertiary/aromatic N) is 2. The number of hydrogen-bond donors (Lipinski definition) is 4. The number of fused-ring (bicyclic) bond motifs is 1. The number of hydrogen-bond acceptors (Lipinski definition) is 5. The summed E-state index contributed by atoms with van der Waals surface area (Å²) in [6.45, 7) is 3.95. The minimum absolute atomic E-state index is 0.0717. The molecule has 9 heteroatoms. The number of aromatic amines is 1. The number of benzene rings is 1. The molecule has 156 valence electrons. The molecule has 1 aromatic heterocycles. The topological polar surface area (TPSA) is 92.8 Å². The normalized spacial score (nSPS) is 14.9. The molecule has 0 bridgehead atoms. The third kappa shape index (κ3) is 4.56. The minimum Gasteiger partial charge on any atom is -0.494 e. The second-order valence-electron chi connectivity index (χ2n) is 7.27. The van der Waals surface area contributed by atoms with Crippen LogP contribution in [0.5, 0.6) is 5.88 Å². The van der Waals surface area contributed by atoms with E-state index < -0.39 is 6.55 Å². The van der Waals surface area contributed by atoms with E-state index in [-0.39, 0.29) is 18.3 Å². The number of aliphatic imine (C=N–C) groups is 1. The van der Waals surface area contributed by atoms with Crippen LogP contribution in [0.25, 0.3) is 10.9 Å². The van der Waals surface area contributed by atoms with Crippen LogP contribution in [0.3, 0.4) is 0 Å². The zero-order chi connectivity index (χ0) is 21.1. The molecule has 0 saturated carbocycles. The van der Waals surface area contributed by atoms with Gasteiger partial charge in [0.25, 0.3) is 5.91 Å². The third-order valence-electron chi connectivity index (χ3n) is 4.56. The average molecular weight is 405 g/mol. The van der Waals surface area contributed by atoms with Crippen molar-refractivity contribution in [2.45, 2.75) is 33.7 Å². The van der Waals surface area contributed by atoms with Gasteiger partial charge in [0.15, 0.2) is 5.88 Å². The van der Waals surface area contributed by atoms with Gasteiger partial charge in [0.05, 0.1) is 23.5 Å². The van der Waals surface area contributed by atoms with Gasteiger partial charge in [-0.1, -0.05) is 20.8 Å². The molecule has 2 heterocycles. The summed E-state index contributed by atoms with van der Waals surface area (Å²) in [6.07, 6.45) is 1.72. The van der Waals surface area contributed by atoms with Gasteiger partial charge < -0.3 is 15.4 Å². The van der Waals surface area contributed by atoms with Gasteiger partial charge in [-0.2, -0.15) is 8.78 Å². The summed E-state index contributed by atoms with van der Waals surface area (Å²) in [5.74, 6) is 0.0598. The van der Waals surface area contributed by atoms with E-state index in [4.69, 9.17) is 0 Å². The van der Waals surface area contributed by atoms with E-state index in [1.165, 1.54) is 6.20 Å². The number of amides is 1. The number of alkyl halides is 2. The Morgan fingerprint density at radius 3 is 2.76 bits per heavy atom. The van der Waals surface area contributed by atoms with Crippen molar-refractivity contribution in [2.75, 3.05) is 13.1 Å². The van der Waals surface area contributed by atoms with Crippen LogP contribution in [-0.2, 0) is 0 Å². The Kier molecular flexibility index (Phi) is 6.17. The molecule has 29 heavy (non-hydrogen) atoms. The van der Waals surface area contributed by atoms with Crippen LogP contribution in [0.1, 0.15) is 43.1 Å². The molecule has 4 N–H and O–H groups in total. The van der Waals surface area contributed by atoms with Gasteiger partial charge in [0.2, 0.25) is 0 Å². The third-order valence-corrected chi connectivity index (χ3v) is 4.56. The highest BCUT2D eigenvalue weighted by atomic mass is 19.3. The van der Waals surface area contributed by atoms with E-state index in [0.717, 1.165) is 0 Å². The summed E-state index contributed by atoms with van der Waals surface area (Å²) in [5, 5.41) is 14.7. The van der Waals surface area contributed by atoms with Gasteiger partial charge in [-0.15, -0.1) is 0 Å². The number of aromatic nitrogens is 1. The lowest BCUT2D eigenvalue weighted by Crippen LogP contribution is -2.33. The van der Waals surface area contributed by atoms with Crippen LogP contribution in [-0.4, -0.2) is 46.4 Å². The van der Waals surface area contributed by atoms with Crippen LogP contribution in [0, 0.1) is 5.92 Å². The Balaban J connectivity index is 1.98. The van der Waals surface area contributed by atoms with Gasteiger partial charge in [0, 0.05) is 29.2 Å². The van der Waals surface area contributed by atoms with Crippen molar-refractivity contribution in [1.82, 2.24) is 20.7 Å². The first-order chi connectivity index (χ1) is 13.8. The number of halogens is 2. The quantitative estimate of drug-likeness (QED) is 0.420. The molecular formula is C20H25F2N5O2. The van der Waals surface area contributed by atoms with Crippen LogP contribution in [0.2, 0.25) is 0 Å². The second kappa shape index (κ2) is 8.60. The van der Waals surface area contributed by atoms with Crippen molar-refractivity contribution >= 4 is 22.5 Å². The fourth-order valence-electron chi connectivity index (χ4n) is 3.11. The molecule has 1 aliphatic rings. The molecule has 0 atom stereocenters. The number of carbonyl (C=O) groups excluding carboxylic acids is 1. The highest BCUT2D eigenvalue weighted by Crippen LogP contribution is 2.30. The first kappa shape index (κ1) is 20.8. The molecule has 7 nitrogen and oxygen atoms in total. The number of aromatic hydroxyl groups is 1. The smallest absolute Gasteiger partial charge is 0.327 e. The number of carbonyl (C=O) groups is 1. The van der Waals surface area contributed by atoms with Gasteiger partial charge >= 0.3 is 6.55 Å². The molecule has 2 aromatic rings. The highest BCUT2D eigenvalue weighted by molar-refractivity contribution is 6.14. The molecule has 1 amide bonds. The number of H-pyrrole nitrogens is 1. The van der Waals surface area contributed by atoms with E-state index in [9.17, 15) is 18.7 Å². The molecule has 0 aliphatic carbocycles. The fraction of sp³-hybridized carbons (Fsp3) is 0.400. The van der Waals surface area contributed by atoms with Crippen LogP contribution in [0.15, 0.2) is 35.1 Å². The molecule has 0 saturated heterocycles. The van der Waals surface area contributed by atoms with Crippen molar-refractivity contribution in [2.24, 2.45) is 10.9 Å². The zero-order valence-electron chi connectivity index (χ0n) is 16.6. The van der Waals surface area contributed by atoms with Gasteiger partial charge in [-0.25, -0.2) is 5.43 Å². The summed E-state index contributed by atoms with van der Waals surface area (Å²) in [5.41, 5.74) is 5.11. The van der Waals surface area contributed by atoms with Crippen molar-refractivity contribution in [3.63, 3.8) is 0 Å². The lowest BCUT2D eigenvalue weighted by atomic mass is 10.0. The largest absolute Gasteiger partial charge is 0.494 e. The van der Waals surface area contributed by atoms with E-state index in [1.807, 2.05) is 20.8 Å². The summed E-state index contributed by atoms with van der Waals surface area (Å²) in [7, 11) is 0. The molecule has 3 rings (SSSR count). The predicted octanol–water partition coefficient (Wildman–Crippen LogP) is 3.34. The Hall–Kier alpha value is -2.94. The Bertz CT molecular complexity index is 965. The number of rotatable bonds is 7. The molecule has 0 radical (unpaired) electrons. The standard InChI is InChI=1S/C20H25F2N5O2/c1-4-15(25-13-9-24-27(10-13)20(21)22)17-14-7-12(18(28)23-8-11(2)3)5-6-16(14)26-19(17)29/h5-7,10-11,20,24,26,29H,4,8-9H2,1-3H3,(H,23,28). The van der Waals surface area contributed by atoms with E-state index in [2.05, 4.69) is 20.7 Å². The monoisotopic (exact) mass is 405 g/mol. The van der Waals surface area contributed by atoms with Crippen LogP contribution >= 0.6 is 0 Å². The molecule has 0 fully saturated rings. The first-order valence-corrected chi connectivity index (χ1v) is 9.51. The lowest BCUT2D eigenvalue weighted by Gasteiger charge is -2.12. The maximum absolute atomic E-state index is 12.8. The molecule has 0 spiro atoms. The fourth-order valence-corrected chi connectivity index (χ4v) is 3.11. The van der Waals surface area contributed by atoms with Crippen molar-refractivity contribution < 1.29 is 18.7 Å². The van der Waals surface area contributed by atoms with E-state index >= 15 is 0 Å². The van der Waals surface area contributed by atoms with Gasteiger partial charge in [-0.3, -0.25) is 14.8 Å².